The Morgan fingerprint density at radius 2 is 2.00 bits per heavy atom. The van der Waals surface area contributed by atoms with Crippen molar-refractivity contribution < 1.29 is 4.80 Å². The highest BCUT2D eigenvalue weighted by Gasteiger charge is 2.19. The summed E-state index contributed by atoms with van der Waals surface area (Å²) in [5, 5.41) is 0. The zero-order valence-corrected chi connectivity index (χ0v) is 8.28. The Kier molecular flexibility index (Phi) is 4.43. The smallest absolute Gasteiger partial charge is 0.166 e. The van der Waals surface area contributed by atoms with Crippen molar-refractivity contribution in [2.45, 2.75) is 38.8 Å². The Labute approximate surface area is 61.8 Å². The zero-order valence-electron chi connectivity index (χ0n) is 6.28. The van der Waals surface area contributed by atoms with E-state index in [-0.39, 0.29) is 0 Å². The van der Waals surface area contributed by atoms with Gasteiger partial charge in [-0.05, 0) is 12.1 Å². The van der Waals surface area contributed by atoms with E-state index in [0.29, 0.717) is 0 Å². The molecule has 0 saturated heterocycles. The van der Waals surface area contributed by atoms with Crippen molar-refractivity contribution in [3.05, 3.63) is 0 Å². The minimum Gasteiger partial charge on any atom is -0.435 e. The topological polar surface area (TPSA) is 20.2 Å². The molecule has 0 rings (SSSR count). The summed E-state index contributed by atoms with van der Waals surface area (Å²) in [6.07, 6.45) is 2.33. The third kappa shape index (κ3) is 4.87. The van der Waals surface area contributed by atoms with Crippen LogP contribution in [0.5, 0.6) is 0 Å². The van der Waals surface area contributed by atoms with Gasteiger partial charge in [-0.3, -0.25) is 0 Å². The van der Waals surface area contributed by atoms with Gasteiger partial charge in [-0.25, -0.2) is 0 Å². The summed E-state index contributed by atoms with van der Waals surface area (Å²) in [4.78, 5) is 9.51. The van der Waals surface area contributed by atoms with Crippen LogP contribution in [0.3, 0.4) is 0 Å². The number of rotatable bonds is 4. The molecule has 0 spiro atoms. The van der Waals surface area contributed by atoms with Crippen molar-refractivity contribution in [3.63, 3.8) is 0 Å². The third-order valence-electron chi connectivity index (χ3n) is 1.53. The van der Waals surface area contributed by atoms with Crippen LogP contribution in [0.15, 0.2) is 0 Å². The fourth-order valence-electron chi connectivity index (χ4n) is 0.646. The molecule has 0 aromatic carbocycles. The van der Waals surface area contributed by atoms with E-state index in [1.54, 1.807) is 0 Å². The molecule has 0 aromatic rings. The van der Waals surface area contributed by atoms with Crippen LogP contribution in [-0.2, 0) is 0 Å². The molecule has 0 saturated carbocycles. The van der Waals surface area contributed by atoms with Crippen LogP contribution in [0, 0.1) is 0 Å². The highest BCUT2D eigenvalue weighted by atomic mass is 29.2. The second-order valence-corrected chi connectivity index (χ2v) is 8.55. The number of unbranched alkanes of at least 4 members (excludes halogenated alkanes) is 1. The van der Waals surface area contributed by atoms with E-state index in [1.165, 1.54) is 6.42 Å². The molecule has 1 atom stereocenters. The molecule has 0 amide bonds. The molecule has 0 aliphatic rings. The predicted molar refractivity (Wildman–Crippen MR) is 43.9 cm³/mol. The maximum absolute atomic E-state index is 9.51. The lowest BCUT2D eigenvalue weighted by Crippen LogP contribution is -2.33. The summed E-state index contributed by atoms with van der Waals surface area (Å²) in [6.45, 7) is 4.18. The molecule has 0 aromatic heterocycles. The van der Waals surface area contributed by atoms with Gasteiger partial charge in [0.25, 0.3) is 0 Å². The second kappa shape index (κ2) is 4.25. The molecular weight excluding hydrogens is 144 g/mol. The minimum atomic E-state index is -1.89. The van der Waals surface area contributed by atoms with E-state index in [0.717, 1.165) is 18.5 Å². The highest BCUT2D eigenvalue weighted by molar-refractivity contribution is 7.12. The Morgan fingerprint density at radius 1 is 1.44 bits per heavy atom. The van der Waals surface area contributed by atoms with Gasteiger partial charge in [-0.15, -0.1) is 0 Å². The molecule has 1 N–H and O–H groups in total. The van der Waals surface area contributed by atoms with Crippen LogP contribution in [0.1, 0.15) is 26.7 Å². The van der Waals surface area contributed by atoms with Gasteiger partial charge in [0.05, 0.1) is 9.76 Å². The first-order valence-electron chi connectivity index (χ1n) is 3.59. The lowest BCUT2D eigenvalue weighted by Gasteiger charge is -2.16. The Morgan fingerprint density at radius 3 is 2.33 bits per heavy atom. The molecule has 3 heteroatoms. The first kappa shape index (κ1) is 9.39. The first-order chi connectivity index (χ1) is 4.12. The van der Waals surface area contributed by atoms with Crippen LogP contribution >= 0.6 is 0 Å². The van der Waals surface area contributed by atoms with Crippen molar-refractivity contribution in [2.24, 2.45) is 0 Å². The summed E-state index contributed by atoms with van der Waals surface area (Å²) >= 11 is 0. The summed E-state index contributed by atoms with van der Waals surface area (Å²) in [5.41, 5.74) is 0. The summed E-state index contributed by atoms with van der Waals surface area (Å²) in [5.74, 6) is 0. The molecular formula is C6H15OSi2. The van der Waals surface area contributed by atoms with Crippen LogP contribution in [-0.4, -0.2) is 22.4 Å². The van der Waals surface area contributed by atoms with Gasteiger partial charge < -0.3 is 4.80 Å². The van der Waals surface area contributed by atoms with E-state index in [9.17, 15) is 4.80 Å². The SMILES string of the molecule is CCCC[Si](O)([Si])CC. The quantitative estimate of drug-likeness (QED) is 0.615. The molecule has 0 aliphatic heterocycles. The van der Waals surface area contributed by atoms with Crippen LogP contribution in [0.25, 0.3) is 0 Å². The monoisotopic (exact) mass is 159 g/mol. The third-order valence-corrected chi connectivity index (χ3v) is 5.69. The molecule has 3 radical (unpaired) electrons. The maximum Gasteiger partial charge on any atom is 0.166 e. The van der Waals surface area contributed by atoms with E-state index >= 15 is 0 Å². The molecule has 0 fully saturated rings. The Bertz CT molecular complexity index is 73.5. The molecule has 53 valence electrons. The van der Waals surface area contributed by atoms with Crippen molar-refractivity contribution in [2.75, 3.05) is 0 Å². The van der Waals surface area contributed by atoms with Gasteiger partial charge in [-0.2, -0.15) is 0 Å². The Balaban J connectivity index is 3.33. The molecule has 0 bridgehead atoms. The maximum atomic E-state index is 9.51. The van der Waals surface area contributed by atoms with E-state index in [1.807, 2.05) is 6.92 Å². The van der Waals surface area contributed by atoms with Crippen LogP contribution in [0.2, 0.25) is 12.1 Å². The summed E-state index contributed by atoms with van der Waals surface area (Å²) < 4.78 is 0. The fourth-order valence-corrected chi connectivity index (χ4v) is 2.47. The van der Waals surface area contributed by atoms with Gasteiger partial charge in [0, 0.05) is 0 Å². The van der Waals surface area contributed by atoms with E-state index in [2.05, 4.69) is 16.7 Å². The summed E-state index contributed by atoms with van der Waals surface area (Å²) in [6, 6.07) is 1.92. The van der Waals surface area contributed by atoms with Crippen LogP contribution < -0.4 is 0 Å². The van der Waals surface area contributed by atoms with Gasteiger partial charge in [0.1, 0.15) is 0 Å². The average Bonchev–Trinajstić information content (AvgIpc) is 1.84. The number of hydrogen-bond acceptors (Lipinski definition) is 1. The lowest BCUT2D eigenvalue weighted by atomic mass is 10.4. The zero-order chi connectivity index (χ0) is 7.33. The normalized spacial score (nSPS) is 17.3. The summed E-state index contributed by atoms with van der Waals surface area (Å²) in [7, 11) is 1.53. The molecule has 1 nitrogen and oxygen atoms in total. The van der Waals surface area contributed by atoms with Crippen molar-refractivity contribution in [3.8, 4) is 0 Å². The van der Waals surface area contributed by atoms with Gasteiger partial charge >= 0.3 is 0 Å². The molecule has 0 heterocycles. The van der Waals surface area contributed by atoms with Crippen molar-refractivity contribution in [1.82, 2.24) is 0 Å². The molecule has 0 aliphatic carbocycles. The largest absolute Gasteiger partial charge is 0.435 e. The van der Waals surface area contributed by atoms with Gasteiger partial charge in [0.15, 0.2) is 7.83 Å². The Hall–Kier alpha value is 0.394. The number of hydrogen-bond donors (Lipinski definition) is 1. The standard InChI is InChI=1S/C6H15OSi2/c1-3-5-6-9(7,8)4-2/h7H,3-6H2,1-2H3. The fraction of sp³-hybridized carbons (Fsp3) is 1.00. The molecule has 9 heavy (non-hydrogen) atoms. The van der Waals surface area contributed by atoms with E-state index < -0.39 is 7.83 Å². The second-order valence-electron chi connectivity index (χ2n) is 2.49. The molecule has 1 unspecified atom stereocenters. The predicted octanol–water partition coefficient (Wildman–Crippen LogP) is 1.41. The van der Waals surface area contributed by atoms with Gasteiger partial charge in [-0.1, -0.05) is 26.7 Å². The van der Waals surface area contributed by atoms with Crippen molar-refractivity contribution >= 4 is 17.6 Å². The van der Waals surface area contributed by atoms with Crippen molar-refractivity contribution in [1.29, 1.82) is 0 Å². The van der Waals surface area contributed by atoms with Gasteiger partial charge in [0.2, 0.25) is 0 Å². The van der Waals surface area contributed by atoms with Crippen LogP contribution in [0.4, 0.5) is 0 Å². The highest BCUT2D eigenvalue weighted by Crippen LogP contribution is 2.10. The lowest BCUT2D eigenvalue weighted by molar-refractivity contribution is 0.551. The average molecular weight is 159 g/mol. The first-order valence-corrected chi connectivity index (χ1v) is 7.46. The minimum absolute atomic E-state index is 0.921. The van der Waals surface area contributed by atoms with E-state index in [4.69, 9.17) is 0 Å².